The molecule has 7 heterocycles. The molecule has 3 aromatic heterocycles. The zero-order chi connectivity index (χ0) is 43.9. The lowest BCUT2D eigenvalue weighted by Crippen LogP contribution is -2.59. The van der Waals surface area contributed by atoms with E-state index in [-0.39, 0.29) is 34.7 Å². The highest BCUT2D eigenvalue weighted by molar-refractivity contribution is 6.33. The van der Waals surface area contributed by atoms with Crippen LogP contribution in [0, 0.1) is 11.8 Å². The first-order valence-electron chi connectivity index (χ1n) is 21.9. The molecule has 1 aliphatic carbocycles. The second-order valence-corrected chi connectivity index (χ2v) is 18.8. The second kappa shape index (κ2) is 15.6. The predicted octanol–water partition coefficient (Wildman–Crippen LogP) is 6.17. The van der Waals surface area contributed by atoms with Crippen LogP contribution in [0.15, 0.2) is 47.4 Å². The molecule has 15 nitrogen and oxygen atoms in total. The molecule has 4 fully saturated rings. The van der Waals surface area contributed by atoms with E-state index in [1.165, 1.54) is 4.57 Å². The maximum absolute atomic E-state index is 15.2. The lowest BCUT2D eigenvalue weighted by molar-refractivity contribution is -0.134. The number of pyridine rings is 1. The normalized spacial score (nSPS) is 22.4. The number of hydrogen-bond acceptors (Lipinski definition) is 12. The van der Waals surface area contributed by atoms with E-state index in [2.05, 4.69) is 67.7 Å². The van der Waals surface area contributed by atoms with Gasteiger partial charge in [-0.05, 0) is 94.2 Å². The van der Waals surface area contributed by atoms with Gasteiger partial charge in [-0.1, -0.05) is 11.6 Å². The van der Waals surface area contributed by atoms with Gasteiger partial charge < -0.3 is 29.7 Å². The average molecular weight is 884 g/mol. The largest absolute Gasteiger partial charge is 0.480 e. The van der Waals surface area contributed by atoms with Crippen molar-refractivity contribution in [1.82, 2.24) is 34.5 Å². The monoisotopic (exact) mass is 883 g/mol. The number of piperazine rings is 1. The van der Waals surface area contributed by atoms with Crippen LogP contribution in [0.1, 0.15) is 64.0 Å². The van der Waals surface area contributed by atoms with Crippen LogP contribution < -0.4 is 36.0 Å². The highest BCUT2D eigenvalue weighted by atomic mass is 35.5. The lowest BCUT2D eigenvalue weighted by Gasteiger charge is -2.50. The quantitative estimate of drug-likeness (QED) is 0.153. The minimum Gasteiger partial charge on any atom is -0.480 e. The van der Waals surface area contributed by atoms with Crippen molar-refractivity contribution in [3.8, 4) is 5.75 Å². The molecule has 332 valence electrons. The molecule has 0 bridgehead atoms. The van der Waals surface area contributed by atoms with Crippen LogP contribution in [0.2, 0.25) is 5.02 Å². The summed E-state index contributed by atoms with van der Waals surface area (Å²) in [6, 6.07) is 10.6. The summed E-state index contributed by atoms with van der Waals surface area (Å²) in [5, 5.41) is 15.4. The number of nitrogens with zero attached hydrogens (tertiary/aromatic N) is 8. The lowest BCUT2D eigenvalue weighted by atomic mass is 9.78. The van der Waals surface area contributed by atoms with Crippen molar-refractivity contribution in [3.05, 3.63) is 63.7 Å². The predicted molar refractivity (Wildman–Crippen MR) is 239 cm³/mol. The number of nitrogens with one attached hydrogen (secondary N) is 3. The molecular formula is C45H52ClF2N11O4. The number of alkyl halides is 2. The maximum atomic E-state index is 15.2. The first kappa shape index (κ1) is 41.5. The topological polar surface area (TPSA) is 155 Å². The molecule has 5 aromatic rings. The van der Waals surface area contributed by atoms with Crippen LogP contribution >= 0.6 is 11.6 Å². The number of ether oxygens (including phenoxy) is 1. The van der Waals surface area contributed by atoms with E-state index in [1.807, 2.05) is 23.9 Å². The van der Waals surface area contributed by atoms with Crippen LogP contribution in [-0.2, 0) is 23.7 Å². The van der Waals surface area contributed by atoms with E-state index in [4.69, 9.17) is 26.4 Å². The van der Waals surface area contributed by atoms with Crippen molar-refractivity contribution < 1.29 is 23.1 Å². The average Bonchev–Trinajstić information content (AvgIpc) is 4.08. The van der Waals surface area contributed by atoms with Crippen LogP contribution in [0.3, 0.4) is 0 Å². The number of anilines is 5. The zero-order valence-corrected chi connectivity index (χ0v) is 36.6. The Morgan fingerprint density at radius 1 is 0.905 bits per heavy atom. The van der Waals surface area contributed by atoms with Gasteiger partial charge in [0.25, 0.3) is 5.56 Å². The molecule has 1 saturated carbocycles. The molecule has 1 unspecified atom stereocenters. The third-order valence-corrected chi connectivity index (χ3v) is 14.6. The Kier molecular flexibility index (Phi) is 10.3. The van der Waals surface area contributed by atoms with Crippen LogP contribution in [0.5, 0.6) is 5.75 Å². The molecule has 2 atom stereocenters. The summed E-state index contributed by atoms with van der Waals surface area (Å²) >= 11 is 6.67. The third-order valence-electron chi connectivity index (χ3n) is 14.3. The van der Waals surface area contributed by atoms with Crippen molar-refractivity contribution in [2.24, 2.45) is 25.9 Å². The molecule has 3 N–H and O–H groups in total. The molecule has 0 radical (unpaired) electrons. The number of benzene rings is 2. The van der Waals surface area contributed by atoms with Gasteiger partial charge in [0.15, 0.2) is 12.4 Å². The number of hydrogen-bond donors (Lipinski definition) is 3. The Bertz CT molecular complexity index is 2700. The van der Waals surface area contributed by atoms with E-state index in [0.29, 0.717) is 65.0 Å². The van der Waals surface area contributed by atoms with Gasteiger partial charge in [-0.15, -0.1) is 0 Å². The number of imide groups is 1. The first-order chi connectivity index (χ1) is 30.2. The summed E-state index contributed by atoms with van der Waals surface area (Å²) in [6.07, 6.45) is 5.73. The molecule has 2 aromatic carbocycles. The summed E-state index contributed by atoms with van der Waals surface area (Å²) in [6.45, 7) is 9.07. The van der Waals surface area contributed by atoms with Crippen molar-refractivity contribution in [1.29, 1.82) is 0 Å². The molecule has 10 rings (SSSR count). The van der Waals surface area contributed by atoms with Gasteiger partial charge >= 0.3 is 5.92 Å². The number of aromatic nitrogens is 5. The Morgan fingerprint density at radius 2 is 1.67 bits per heavy atom. The molecule has 2 amide bonds. The molecule has 63 heavy (non-hydrogen) atoms. The smallest absolute Gasteiger partial charge is 0.301 e. The Morgan fingerprint density at radius 3 is 2.40 bits per heavy atom. The number of halogens is 3. The fraction of sp³-hybridized carbons (Fsp3) is 0.511. The highest BCUT2D eigenvalue weighted by Crippen LogP contribution is 2.46. The van der Waals surface area contributed by atoms with Crippen LogP contribution in [0.25, 0.3) is 21.8 Å². The van der Waals surface area contributed by atoms with Crippen molar-refractivity contribution in [3.63, 3.8) is 0 Å². The Hall–Kier alpha value is -5.55. The van der Waals surface area contributed by atoms with Gasteiger partial charge in [-0.3, -0.25) is 29.3 Å². The van der Waals surface area contributed by atoms with E-state index < -0.39 is 30.0 Å². The maximum Gasteiger partial charge on any atom is 0.301 e. The van der Waals surface area contributed by atoms with Gasteiger partial charge in [-0.25, -0.2) is 13.8 Å². The van der Waals surface area contributed by atoms with E-state index in [9.17, 15) is 14.4 Å². The zero-order valence-electron chi connectivity index (χ0n) is 35.9. The molecule has 5 aliphatic rings. The molecule has 18 heteroatoms. The number of aryl methyl sites for hydroxylation is 2. The minimum absolute atomic E-state index is 0.0269. The van der Waals surface area contributed by atoms with Crippen LogP contribution in [-0.4, -0.2) is 104 Å². The fourth-order valence-corrected chi connectivity index (χ4v) is 10.4. The number of piperidine rings is 2. The molecule has 4 aliphatic heterocycles. The summed E-state index contributed by atoms with van der Waals surface area (Å²) in [4.78, 5) is 54.4. The number of fused-ring (bicyclic) bond motifs is 4. The highest BCUT2D eigenvalue weighted by Gasteiger charge is 2.51. The SMILES string of the molecule is Cn1nc(C2CCC(=O)NC2=O)c2ccc(N3CCN(C(C)(C)C4CCN(c5ncc(Cl)c(Nc6ccc7c(c6)c6c(c(=O)n7C)OCC(F)(F)[C@H](C7CC7)N6)n5)CC4)CC3)cc21. The second-order valence-electron chi connectivity index (χ2n) is 18.4. The van der Waals surface area contributed by atoms with Gasteiger partial charge in [0.2, 0.25) is 23.5 Å². The number of carbonyl (C=O) groups excluding carboxylic acids is 2. The van der Waals surface area contributed by atoms with Crippen molar-refractivity contribution in [2.75, 3.05) is 66.3 Å². The summed E-state index contributed by atoms with van der Waals surface area (Å²) in [5.74, 6) is -2.91. The van der Waals surface area contributed by atoms with E-state index in [1.54, 1.807) is 19.3 Å². The third kappa shape index (κ3) is 7.49. The number of amides is 2. The Labute approximate surface area is 368 Å². The fourth-order valence-electron chi connectivity index (χ4n) is 10.3. The summed E-state index contributed by atoms with van der Waals surface area (Å²) in [7, 11) is 3.51. The van der Waals surface area contributed by atoms with Gasteiger partial charge in [0.05, 0.1) is 40.6 Å². The Balaban J connectivity index is 0.789. The van der Waals surface area contributed by atoms with E-state index in [0.717, 1.165) is 74.4 Å². The summed E-state index contributed by atoms with van der Waals surface area (Å²) in [5.41, 5.74) is 3.79. The molecular weight excluding hydrogens is 832 g/mol. The van der Waals surface area contributed by atoms with Crippen LogP contribution in [0.4, 0.5) is 37.6 Å². The van der Waals surface area contributed by atoms with Crippen molar-refractivity contribution in [2.45, 2.75) is 75.8 Å². The number of rotatable bonds is 8. The minimum atomic E-state index is -3.13. The van der Waals surface area contributed by atoms with Gasteiger partial charge in [0.1, 0.15) is 5.02 Å². The standard InChI is InChI=1S/C45H52ClF2N11O4/c1-44(2,59-19-17-57(18-20-59)28-8-9-29-34(22-28)56(4)54-36(29)30-10-12-35(60)51-41(30)61)26-13-15-58(16-14-26)43-49-23-32(46)40(53-43)50-27-7-11-33-31(21-27)37-38(42(62)55(33)3)63-24-45(47,48)39(52-37)25-5-6-25/h7-9,11,21-23,25-26,30,39,52H,5-6,10,12-20,24H2,1-4H3,(H,49,50,53)(H,51,60,61)/t30?,39-/m0/s1. The van der Waals surface area contributed by atoms with Gasteiger partial charge in [-0.2, -0.15) is 10.1 Å². The van der Waals surface area contributed by atoms with Crippen molar-refractivity contribution >= 4 is 74.0 Å². The molecule has 3 saturated heterocycles. The van der Waals surface area contributed by atoms with E-state index >= 15 is 8.78 Å². The van der Waals surface area contributed by atoms with Gasteiger partial charge in [0, 0.05) is 87.5 Å². The number of carbonyl (C=O) groups is 2. The summed E-state index contributed by atoms with van der Waals surface area (Å²) < 4.78 is 39.2. The first-order valence-corrected chi connectivity index (χ1v) is 22.3. The molecule has 0 spiro atoms.